The number of thiazole rings is 1. The molecule has 1 aromatic heterocycles. The Kier molecular flexibility index (Phi) is 8.47. The molecule has 4 aromatic carbocycles. The Balaban J connectivity index is 1.62. The van der Waals surface area contributed by atoms with E-state index in [1.54, 1.807) is 6.08 Å². The molecule has 0 aliphatic heterocycles. The second-order valence-electron chi connectivity index (χ2n) is 9.95. The fraction of sp³-hybridized carbons (Fsp3) is 0.114. The van der Waals surface area contributed by atoms with Gasteiger partial charge in [0.05, 0.1) is 10.2 Å². The summed E-state index contributed by atoms with van der Waals surface area (Å²) in [5, 5.41) is 13.1. The van der Waals surface area contributed by atoms with Crippen molar-refractivity contribution in [1.29, 1.82) is 5.26 Å². The molecule has 0 unspecified atom stereocenters. The molecule has 0 atom stereocenters. The predicted octanol–water partition coefficient (Wildman–Crippen LogP) is 5.55. The van der Waals surface area contributed by atoms with Crippen molar-refractivity contribution in [3.05, 3.63) is 144 Å². The molecule has 1 amide bonds. The van der Waals surface area contributed by atoms with E-state index in [1.165, 1.54) is 4.57 Å². The third-order valence-corrected chi connectivity index (χ3v) is 7.87. The molecule has 0 spiro atoms. The van der Waals surface area contributed by atoms with Crippen LogP contribution in [0.3, 0.4) is 0 Å². The fourth-order valence-corrected chi connectivity index (χ4v) is 5.62. The van der Waals surface area contributed by atoms with Crippen LogP contribution in [0.2, 0.25) is 0 Å². The third kappa shape index (κ3) is 6.25. The van der Waals surface area contributed by atoms with Crippen molar-refractivity contribution in [2.24, 2.45) is 0 Å². The first-order valence-corrected chi connectivity index (χ1v) is 14.2. The number of anilines is 1. The van der Waals surface area contributed by atoms with Gasteiger partial charge in [0, 0.05) is 5.69 Å². The number of nitrogens with zero attached hydrogens (tertiary/aromatic N) is 2. The molecular weight excluding hydrogens is 542 g/mol. The summed E-state index contributed by atoms with van der Waals surface area (Å²) in [4.78, 5) is 27.4. The number of hydrogen-bond donors (Lipinski definition) is 1. The quantitative estimate of drug-likeness (QED) is 0.278. The molecule has 0 aliphatic carbocycles. The van der Waals surface area contributed by atoms with Gasteiger partial charge in [-0.25, -0.2) is 0 Å². The molecule has 0 aliphatic rings. The number of ether oxygens (including phenoxy) is 1. The van der Waals surface area contributed by atoms with Crippen molar-refractivity contribution in [1.82, 2.24) is 4.57 Å². The molecule has 7 heteroatoms. The van der Waals surface area contributed by atoms with Crippen LogP contribution in [0, 0.1) is 32.1 Å². The zero-order chi connectivity index (χ0) is 29.6. The van der Waals surface area contributed by atoms with Crippen molar-refractivity contribution < 1.29 is 9.53 Å². The maximum atomic E-state index is 13.9. The highest BCUT2D eigenvalue weighted by Crippen LogP contribution is 2.18. The maximum Gasteiger partial charge on any atom is 0.273 e. The number of aryl methyl sites for hydroxylation is 3. The van der Waals surface area contributed by atoms with Gasteiger partial charge in [0.1, 0.15) is 23.1 Å². The maximum absolute atomic E-state index is 13.9. The van der Waals surface area contributed by atoms with E-state index < -0.39 is 5.91 Å². The highest BCUT2D eigenvalue weighted by atomic mass is 32.1. The van der Waals surface area contributed by atoms with Gasteiger partial charge in [0.15, 0.2) is 5.57 Å². The molecule has 0 fully saturated rings. The van der Waals surface area contributed by atoms with Crippen LogP contribution >= 0.6 is 11.3 Å². The minimum Gasteiger partial charge on any atom is -0.489 e. The highest BCUT2D eigenvalue weighted by Gasteiger charge is 2.18. The Morgan fingerprint density at radius 2 is 1.69 bits per heavy atom. The smallest absolute Gasteiger partial charge is 0.273 e. The zero-order valence-corrected chi connectivity index (χ0v) is 24.4. The average molecular weight is 572 g/mol. The van der Waals surface area contributed by atoms with Crippen molar-refractivity contribution in [3.63, 3.8) is 0 Å². The number of para-hydroxylation sites is 1. The van der Waals surface area contributed by atoms with E-state index in [2.05, 4.69) is 11.4 Å². The van der Waals surface area contributed by atoms with Gasteiger partial charge < -0.3 is 10.1 Å². The SMILES string of the molecule is Cc1ccc(C)c(NC(=O)/C(C#N)=c2\s/c(=C\c3cccc(OCc4ccccc4)c3)c(=O)n2-c2ccccc2C)c1. The van der Waals surface area contributed by atoms with Crippen LogP contribution in [0.15, 0.2) is 102 Å². The molecule has 42 heavy (non-hydrogen) atoms. The normalized spacial score (nSPS) is 12.0. The first-order chi connectivity index (χ1) is 20.3. The number of hydrogen-bond acceptors (Lipinski definition) is 5. The number of carbonyl (C=O) groups excluding carboxylic acids is 1. The number of benzene rings is 4. The summed E-state index contributed by atoms with van der Waals surface area (Å²) >= 11 is 1.11. The molecule has 1 heterocycles. The number of amides is 1. The second kappa shape index (κ2) is 12.5. The zero-order valence-electron chi connectivity index (χ0n) is 23.5. The first-order valence-electron chi connectivity index (χ1n) is 13.4. The van der Waals surface area contributed by atoms with Gasteiger partial charge in [-0.15, -0.1) is 11.3 Å². The van der Waals surface area contributed by atoms with E-state index in [1.807, 2.05) is 118 Å². The van der Waals surface area contributed by atoms with Gasteiger partial charge in [-0.05, 0) is 78.9 Å². The lowest BCUT2D eigenvalue weighted by Gasteiger charge is -2.10. The molecule has 0 saturated heterocycles. The van der Waals surface area contributed by atoms with Crippen LogP contribution in [-0.2, 0) is 11.4 Å². The Labute approximate surface area is 248 Å². The first kappa shape index (κ1) is 28.3. The van der Waals surface area contributed by atoms with E-state index >= 15 is 0 Å². The number of nitrogens with one attached hydrogen (secondary N) is 1. The van der Waals surface area contributed by atoms with E-state index in [0.29, 0.717) is 28.3 Å². The second-order valence-corrected chi connectivity index (χ2v) is 11.0. The lowest BCUT2D eigenvalue weighted by Crippen LogP contribution is -2.32. The molecule has 5 rings (SSSR count). The third-order valence-electron chi connectivity index (χ3n) is 6.78. The van der Waals surface area contributed by atoms with E-state index in [-0.39, 0.29) is 15.8 Å². The van der Waals surface area contributed by atoms with E-state index in [0.717, 1.165) is 39.2 Å². The summed E-state index contributed by atoms with van der Waals surface area (Å²) < 4.78 is 8.09. The molecule has 6 nitrogen and oxygen atoms in total. The lowest BCUT2D eigenvalue weighted by molar-refractivity contribution is -0.111. The Morgan fingerprint density at radius 3 is 2.45 bits per heavy atom. The molecule has 0 bridgehead atoms. The van der Waals surface area contributed by atoms with Crippen molar-refractivity contribution in [2.75, 3.05) is 5.32 Å². The molecule has 0 saturated carbocycles. The van der Waals surface area contributed by atoms with Crippen molar-refractivity contribution in [2.45, 2.75) is 27.4 Å². The molecule has 5 aromatic rings. The van der Waals surface area contributed by atoms with Gasteiger partial charge in [-0.2, -0.15) is 5.26 Å². The Bertz CT molecular complexity index is 2000. The van der Waals surface area contributed by atoms with Crippen LogP contribution in [0.25, 0.3) is 17.3 Å². The van der Waals surface area contributed by atoms with E-state index in [9.17, 15) is 14.9 Å². The van der Waals surface area contributed by atoms with Gasteiger partial charge in [-0.1, -0.05) is 72.8 Å². The van der Waals surface area contributed by atoms with Gasteiger partial charge in [0.25, 0.3) is 11.5 Å². The summed E-state index contributed by atoms with van der Waals surface area (Å²) in [7, 11) is 0. The molecule has 0 radical (unpaired) electrons. The van der Waals surface area contributed by atoms with Gasteiger partial charge in [-0.3, -0.25) is 14.2 Å². The number of rotatable bonds is 7. The van der Waals surface area contributed by atoms with Crippen molar-refractivity contribution >= 4 is 34.6 Å². The minimum atomic E-state index is -0.572. The molecule has 1 N–H and O–H groups in total. The van der Waals surface area contributed by atoms with Crippen molar-refractivity contribution in [3.8, 4) is 17.5 Å². The number of carbonyl (C=O) groups is 1. The topological polar surface area (TPSA) is 84.1 Å². The summed E-state index contributed by atoms with van der Waals surface area (Å²) in [6.07, 6.45) is 1.76. The van der Waals surface area contributed by atoms with Crippen LogP contribution in [0.4, 0.5) is 5.69 Å². The number of aromatic nitrogens is 1. The Morgan fingerprint density at radius 1 is 0.929 bits per heavy atom. The monoisotopic (exact) mass is 571 g/mol. The standard InChI is InChI=1S/C35H29N3O3S/c1-23-16-17-24(2)30(18-23)37-33(39)29(21-36)35-38(31-15-8-7-10-25(31)3)34(40)32(42-35)20-27-13-9-14-28(19-27)41-22-26-11-5-4-6-12-26/h4-20H,22H2,1-3H3,(H,37,39)/b32-20-,35-29-. The number of nitriles is 1. The van der Waals surface area contributed by atoms with Gasteiger partial charge in [0.2, 0.25) is 0 Å². The molecule has 208 valence electrons. The van der Waals surface area contributed by atoms with Crippen LogP contribution in [0.5, 0.6) is 5.75 Å². The lowest BCUT2D eigenvalue weighted by atomic mass is 10.1. The summed E-state index contributed by atoms with van der Waals surface area (Å²) in [6.45, 7) is 6.13. The summed E-state index contributed by atoms with van der Waals surface area (Å²) in [5.74, 6) is 0.0958. The van der Waals surface area contributed by atoms with Gasteiger partial charge >= 0.3 is 0 Å². The predicted molar refractivity (Wildman–Crippen MR) is 168 cm³/mol. The van der Waals surface area contributed by atoms with Crippen LogP contribution in [-0.4, -0.2) is 10.5 Å². The molecular formula is C35H29N3O3S. The summed E-state index contributed by atoms with van der Waals surface area (Å²) in [5.41, 5.74) is 5.29. The minimum absolute atomic E-state index is 0.138. The highest BCUT2D eigenvalue weighted by molar-refractivity contribution is 7.07. The van der Waals surface area contributed by atoms with E-state index in [4.69, 9.17) is 4.74 Å². The summed E-state index contributed by atoms with van der Waals surface area (Å²) in [6, 6.07) is 32.6. The van der Waals surface area contributed by atoms with Crippen LogP contribution in [0.1, 0.15) is 27.8 Å². The largest absolute Gasteiger partial charge is 0.489 e. The fourth-order valence-electron chi connectivity index (χ4n) is 4.52. The Hall–Kier alpha value is -5.19. The van der Waals surface area contributed by atoms with Crippen LogP contribution < -0.4 is 24.8 Å². The average Bonchev–Trinajstić information content (AvgIpc) is 3.30.